The summed E-state index contributed by atoms with van der Waals surface area (Å²) in [6.07, 6.45) is 4.12. The van der Waals surface area contributed by atoms with Gasteiger partial charge in [-0.1, -0.05) is 7.43 Å². The van der Waals surface area contributed by atoms with Crippen molar-refractivity contribution in [3.8, 4) is 68.0 Å². The number of aromatic nitrogens is 4. The maximum atomic E-state index is 14.3. The molecule has 0 aliphatic carbocycles. The topological polar surface area (TPSA) is 264 Å². The lowest BCUT2D eigenvalue weighted by Gasteiger charge is -2.27. The lowest BCUT2D eigenvalue weighted by atomic mass is 9.94. The van der Waals surface area contributed by atoms with Gasteiger partial charge in [0.05, 0.1) is 39.6 Å². The van der Waals surface area contributed by atoms with Crippen LogP contribution in [0.4, 0.5) is 35.1 Å². The van der Waals surface area contributed by atoms with Crippen LogP contribution in [0.5, 0.6) is 23.5 Å². The van der Waals surface area contributed by atoms with Gasteiger partial charge in [0.2, 0.25) is 23.5 Å². The third kappa shape index (κ3) is 18.8. The van der Waals surface area contributed by atoms with Gasteiger partial charge in [-0.25, -0.2) is 64.6 Å². The summed E-state index contributed by atoms with van der Waals surface area (Å²) in [5, 5.41) is 0. The van der Waals surface area contributed by atoms with Gasteiger partial charge in [-0.15, -0.1) is 0 Å². The Hall–Kier alpha value is -10.2. The molecule has 0 spiro atoms. The van der Waals surface area contributed by atoms with E-state index in [0.29, 0.717) is 122 Å². The van der Waals surface area contributed by atoms with E-state index < -0.39 is 70.3 Å². The number of ether oxygens (including phenoxy) is 10. The van der Waals surface area contributed by atoms with Gasteiger partial charge in [0, 0.05) is 97.2 Å². The predicted molar refractivity (Wildman–Crippen MR) is 352 cm³/mol. The van der Waals surface area contributed by atoms with E-state index in [-0.39, 0.29) is 114 Å². The zero-order valence-electron chi connectivity index (χ0n) is 55.1. The van der Waals surface area contributed by atoms with Crippen LogP contribution in [0.2, 0.25) is 0 Å². The average molecular weight is 1410 g/mol. The van der Waals surface area contributed by atoms with Crippen LogP contribution in [0.25, 0.3) is 44.5 Å². The van der Waals surface area contributed by atoms with Gasteiger partial charge in [-0.3, -0.25) is 9.59 Å². The largest absolute Gasteiger partial charge is 0.472 e. The van der Waals surface area contributed by atoms with Crippen LogP contribution in [0, 0.1) is 46.5 Å². The van der Waals surface area contributed by atoms with E-state index in [4.69, 9.17) is 58.8 Å². The summed E-state index contributed by atoms with van der Waals surface area (Å²) in [7, 11) is 6.26. The molecule has 4 aliphatic rings. The number of esters is 2. The van der Waals surface area contributed by atoms with Crippen molar-refractivity contribution in [2.24, 2.45) is 11.5 Å². The fourth-order valence-electron chi connectivity index (χ4n) is 11.5. The van der Waals surface area contributed by atoms with E-state index in [1.807, 2.05) is 0 Å². The number of nitrogens with zero attached hydrogens (tertiary/aromatic N) is 4. The number of halogens is 8. The molecule has 0 radical (unpaired) electrons. The van der Waals surface area contributed by atoms with Crippen LogP contribution >= 0.6 is 0 Å². The summed E-state index contributed by atoms with van der Waals surface area (Å²) in [5.41, 5.74) is 15.8. The Labute approximate surface area is 576 Å². The fourth-order valence-corrected chi connectivity index (χ4v) is 11.5. The number of rotatable bonds is 18. The Kier molecular flexibility index (Phi) is 26.7. The highest BCUT2D eigenvalue weighted by Gasteiger charge is 2.32. The molecular formula is C73H74F8N6O14. The number of fused-ring (bicyclic) bond motifs is 4. The number of methoxy groups -OCH3 is 4. The first kappa shape index (κ1) is 76.6. The van der Waals surface area contributed by atoms with Gasteiger partial charge in [-0.2, -0.15) is 0 Å². The minimum absolute atomic E-state index is 0. The molecule has 536 valence electrons. The minimum atomic E-state index is -0.751. The summed E-state index contributed by atoms with van der Waals surface area (Å²) in [6.45, 7) is 5.25. The van der Waals surface area contributed by atoms with Gasteiger partial charge >= 0.3 is 11.9 Å². The van der Waals surface area contributed by atoms with E-state index in [1.54, 1.807) is 42.3 Å². The van der Waals surface area contributed by atoms with Crippen molar-refractivity contribution in [1.29, 1.82) is 0 Å². The van der Waals surface area contributed by atoms with Crippen molar-refractivity contribution in [2.75, 3.05) is 68.1 Å². The molecule has 2 amide bonds. The third-order valence-electron chi connectivity index (χ3n) is 16.1. The van der Waals surface area contributed by atoms with Crippen molar-refractivity contribution in [2.45, 2.75) is 97.1 Å². The van der Waals surface area contributed by atoms with E-state index in [0.717, 1.165) is 36.4 Å². The van der Waals surface area contributed by atoms with Crippen LogP contribution in [-0.4, -0.2) is 136 Å². The first-order valence-corrected chi connectivity index (χ1v) is 31.6. The molecule has 101 heavy (non-hydrogen) atoms. The number of pyridine rings is 4. The first-order chi connectivity index (χ1) is 48.0. The van der Waals surface area contributed by atoms with E-state index in [2.05, 4.69) is 19.9 Å². The van der Waals surface area contributed by atoms with E-state index >= 15 is 0 Å². The average Bonchev–Trinajstić information content (AvgIpc) is 0.796. The molecule has 4 aromatic carbocycles. The summed E-state index contributed by atoms with van der Waals surface area (Å²) < 4.78 is 164. The molecule has 0 saturated heterocycles. The lowest BCUT2D eigenvalue weighted by Crippen LogP contribution is -2.29. The van der Waals surface area contributed by atoms with Gasteiger partial charge < -0.3 is 58.8 Å². The maximum absolute atomic E-state index is 14.3. The van der Waals surface area contributed by atoms with Gasteiger partial charge in [-0.05, 0) is 160 Å². The number of nitrogens with two attached hydrogens (primary N) is 2. The number of benzene rings is 4. The fraction of sp³-hybridized carbons (Fsp3) is 0.342. The van der Waals surface area contributed by atoms with E-state index in [9.17, 15) is 54.3 Å². The van der Waals surface area contributed by atoms with Gasteiger partial charge in [0.25, 0.3) is 11.8 Å². The molecule has 0 bridgehead atoms. The zero-order valence-corrected chi connectivity index (χ0v) is 55.1. The number of hydrogen-bond acceptors (Lipinski definition) is 18. The molecule has 0 unspecified atom stereocenters. The molecule has 0 fully saturated rings. The first-order valence-electron chi connectivity index (χ1n) is 31.6. The molecule has 4 atom stereocenters. The number of primary amides is 2. The van der Waals surface area contributed by atoms with Crippen LogP contribution in [0.15, 0.2) is 97.1 Å². The third-order valence-corrected chi connectivity index (χ3v) is 16.1. The smallest absolute Gasteiger partial charge is 0.357 e. The van der Waals surface area contributed by atoms with Gasteiger partial charge in [0.15, 0.2) is 11.4 Å². The summed E-state index contributed by atoms with van der Waals surface area (Å²) in [4.78, 5) is 64.1. The molecule has 4 N–H and O–H groups in total. The van der Waals surface area contributed by atoms with Gasteiger partial charge in [0.1, 0.15) is 82.3 Å². The van der Waals surface area contributed by atoms with E-state index in [1.165, 1.54) is 60.7 Å². The maximum Gasteiger partial charge on any atom is 0.357 e. The molecule has 4 aromatic heterocycles. The molecule has 8 heterocycles. The lowest BCUT2D eigenvalue weighted by molar-refractivity contribution is 0.0498. The van der Waals surface area contributed by atoms with Crippen molar-refractivity contribution in [3.05, 3.63) is 189 Å². The molecule has 28 heteroatoms. The highest BCUT2D eigenvalue weighted by atomic mass is 19.2. The van der Waals surface area contributed by atoms with Crippen LogP contribution in [0.3, 0.4) is 0 Å². The highest BCUT2D eigenvalue weighted by Crippen LogP contribution is 2.42. The molecule has 0 saturated carbocycles. The molecular weight excluding hydrogens is 1340 g/mol. The molecule has 8 aromatic rings. The molecule has 4 aliphatic heterocycles. The quantitative estimate of drug-likeness (QED) is 0.0597. The van der Waals surface area contributed by atoms with Crippen LogP contribution in [-0.2, 0) is 54.1 Å². The summed E-state index contributed by atoms with van der Waals surface area (Å²) in [6, 6.07) is 19.0. The second kappa shape index (κ2) is 35.2. The Morgan fingerprint density at radius 3 is 0.812 bits per heavy atom. The second-order valence-corrected chi connectivity index (χ2v) is 23.0. The zero-order chi connectivity index (χ0) is 71.9. The van der Waals surface area contributed by atoms with Crippen LogP contribution < -0.4 is 30.4 Å². The van der Waals surface area contributed by atoms with Crippen LogP contribution in [0.1, 0.15) is 111 Å². The summed E-state index contributed by atoms with van der Waals surface area (Å²) >= 11 is 0. The Balaban J connectivity index is 0.000000171. The molecule has 20 nitrogen and oxygen atoms in total. The molecule has 12 rings (SSSR count). The highest BCUT2D eigenvalue weighted by molar-refractivity contribution is 5.94. The minimum Gasteiger partial charge on any atom is -0.472 e. The Morgan fingerprint density at radius 1 is 0.376 bits per heavy atom. The SMILES string of the molecule is C.CCOC(=O)c1cc(-c2ccc(F)cc2F)c2c(n1)O[C@@H](COC)CC2.CCOC(=O)c1cc(-c2ccc(F)cc2F)c2c(n1)O[C@H](COC)CC2.COC[C@@H]1CCc2c(-c3ccc(F)cc3F)cc(C(N)=O)nc2O1.COC[C@H]1CCc2c(-c3ccc(F)cc3F)cc(C(N)=O)nc2O1. The van der Waals surface area contributed by atoms with Crippen molar-refractivity contribution >= 4 is 23.8 Å². The summed E-state index contributed by atoms with van der Waals surface area (Å²) in [5.74, 6) is -7.35. The normalized spacial score (nSPS) is 16.0. The monoisotopic (exact) mass is 1410 g/mol. The number of hydrogen-bond donors (Lipinski definition) is 2. The van der Waals surface area contributed by atoms with Crippen molar-refractivity contribution in [3.63, 3.8) is 0 Å². The Morgan fingerprint density at radius 2 is 0.604 bits per heavy atom. The second-order valence-electron chi connectivity index (χ2n) is 23.0. The standard InChI is InChI=1S/2C19H19F2NO4.2C17H16F2N2O3.CH4/c2*1-3-25-19(23)17-9-15(13-6-4-11(20)8-16(13)21)14-7-5-12(10-24-2)26-18(14)22-17;2*1-23-8-10-3-5-12-13(11-4-2-9(18)6-14(11)19)7-15(16(20)22)21-17(12)24-10;/h2*4,6,8-9,12H,3,5,7,10H2,1-2H3;2*2,4,6-7,10H,3,5,8H2,1H3,(H2,20,22);1H4/t2*12-;2*10-;/m1010./s1. The van der Waals surface area contributed by atoms with Crippen molar-refractivity contribution in [1.82, 2.24) is 19.9 Å². The Bertz CT molecular complexity index is 4050. The number of amides is 2. The predicted octanol–water partition coefficient (Wildman–Crippen LogP) is 12.7. The van der Waals surface area contributed by atoms with Crippen molar-refractivity contribution < 1.29 is 102 Å². The number of carbonyl (C=O) groups is 4. The number of carbonyl (C=O) groups excluding carboxylic acids is 4.